The number of hydrogen-bond donors (Lipinski definition) is 2. The van der Waals surface area contributed by atoms with Crippen molar-refractivity contribution in [1.29, 1.82) is 0 Å². The van der Waals surface area contributed by atoms with Crippen LogP contribution >= 0.6 is 0 Å². The van der Waals surface area contributed by atoms with E-state index in [0.717, 1.165) is 17.1 Å². The topological polar surface area (TPSA) is 77.2 Å². The molecule has 138 valence electrons. The van der Waals surface area contributed by atoms with Gasteiger partial charge in [0.05, 0.1) is 5.69 Å². The maximum atomic E-state index is 13.2. The van der Waals surface area contributed by atoms with Gasteiger partial charge in [0, 0.05) is 55.9 Å². The minimum absolute atomic E-state index is 0.222. The van der Waals surface area contributed by atoms with Gasteiger partial charge in [0.15, 0.2) is 5.82 Å². The van der Waals surface area contributed by atoms with Crippen LogP contribution < -0.4 is 10.2 Å². The molecule has 1 fully saturated rings. The molecule has 2 N–H and O–H groups in total. The Bertz CT molecular complexity index is 921. The summed E-state index contributed by atoms with van der Waals surface area (Å²) in [6, 6.07) is 11.5. The third-order valence-electron chi connectivity index (χ3n) is 4.52. The highest BCUT2D eigenvalue weighted by molar-refractivity contribution is 5.89. The fraction of sp³-hybridized carbons (Fsp3) is 0.211. The number of piperazine rings is 1. The zero-order valence-electron chi connectivity index (χ0n) is 14.6. The zero-order chi connectivity index (χ0) is 18.6. The third-order valence-corrected chi connectivity index (χ3v) is 4.52. The van der Waals surface area contributed by atoms with E-state index in [1.807, 2.05) is 18.2 Å². The van der Waals surface area contributed by atoms with Gasteiger partial charge in [0.25, 0.3) is 0 Å². The van der Waals surface area contributed by atoms with Gasteiger partial charge in [-0.2, -0.15) is 5.10 Å². The maximum Gasteiger partial charge on any atom is 0.321 e. The Balaban J connectivity index is 1.35. The van der Waals surface area contributed by atoms with E-state index in [4.69, 9.17) is 0 Å². The van der Waals surface area contributed by atoms with E-state index in [-0.39, 0.29) is 11.8 Å². The predicted molar refractivity (Wildman–Crippen MR) is 101 cm³/mol. The van der Waals surface area contributed by atoms with Gasteiger partial charge in [-0.05, 0) is 30.3 Å². The van der Waals surface area contributed by atoms with Crippen LogP contribution in [0, 0.1) is 5.82 Å². The lowest BCUT2D eigenvalue weighted by atomic mass is 10.2. The van der Waals surface area contributed by atoms with Crippen LogP contribution in [0.1, 0.15) is 0 Å². The molecule has 0 atom stereocenters. The lowest BCUT2D eigenvalue weighted by molar-refractivity contribution is 0.208. The third kappa shape index (κ3) is 3.89. The number of rotatable bonds is 3. The minimum Gasteiger partial charge on any atom is -0.352 e. The van der Waals surface area contributed by atoms with E-state index in [2.05, 4.69) is 25.4 Å². The number of carbonyl (C=O) groups is 1. The Hall–Kier alpha value is -3.42. The van der Waals surface area contributed by atoms with Crippen molar-refractivity contribution in [2.45, 2.75) is 0 Å². The van der Waals surface area contributed by atoms with Crippen LogP contribution in [0.25, 0.3) is 11.3 Å². The molecule has 2 amide bonds. The Labute approximate surface area is 155 Å². The van der Waals surface area contributed by atoms with E-state index >= 15 is 0 Å². The number of hydrogen-bond acceptors (Lipinski definition) is 4. The first-order chi connectivity index (χ1) is 13.2. The van der Waals surface area contributed by atoms with Crippen molar-refractivity contribution < 1.29 is 9.18 Å². The molecule has 27 heavy (non-hydrogen) atoms. The molecule has 0 aliphatic carbocycles. The SMILES string of the molecule is O=C(Nc1cccc(F)c1)N1CCN(c2cc(-c3ccncc3)[nH]n2)CC1. The lowest BCUT2D eigenvalue weighted by Gasteiger charge is -2.34. The average Bonchev–Trinajstić information content (AvgIpc) is 3.19. The summed E-state index contributed by atoms with van der Waals surface area (Å²) in [6.45, 7) is 2.49. The number of amides is 2. The highest BCUT2D eigenvalue weighted by atomic mass is 19.1. The summed E-state index contributed by atoms with van der Waals surface area (Å²) >= 11 is 0. The van der Waals surface area contributed by atoms with Crippen molar-refractivity contribution in [3.8, 4) is 11.3 Å². The number of aromatic amines is 1. The van der Waals surface area contributed by atoms with Crippen LogP contribution in [-0.4, -0.2) is 52.3 Å². The summed E-state index contributed by atoms with van der Waals surface area (Å²) in [5, 5.41) is 10.2. The molecule has 0 unspecified atom stereocenters. The van der Waals surface area contributed by atoms with Crippen LogP contribution in [0.3, 0.4) is 0 Å². The van der Waals surface area contributed by atoms with E-state index in [0.29, 0.717) is 31.9 Å². The molecule has 7 nitrogen and oxygen atoms in total. The summed E-state index contributed by atoms with van der Waals surface area (Å²) in [5.74, 6) is 0.480. The molecule has 0 radical (unpaired) electrons. The number of halogens is 1. The maximum absolute atomic E-state index is 13.2. The Morgan fingerprint density at radius 1 is 1.07 bits per heavy atom. The van der Waals surface area contributed by atoms with Gasteiger partial charge in [-0.25, -0.2) is 9.18 Å². The smallest absolute Gasteiger partial charge is 0.321 e. The number of carbonyl (C=O) groups excluding carboxylic acids is 1. The summed E-state index contributed by atoms with van der Waals surface area (Å²) in [5.41, 5.74) is 2.41. The Kier molecular flexibility index (Phi) is 4.69. The quantitative estimate of drug-likeness (QED) is 0.747. The highest BCUT2D eigenvalue weighted by Gasteiger charge is 2.23. The number of pyridine rings is 1. The van der Waals surface area contributed by atoms with Crippen molar-refractivity contribution in [2.75, 3.05) is 36.4 Å². The second-order valence-electron chi connectivity index (χ2n) is 6.29. The number of nitrogens with zero attached hydrogens (tertiary/aromatic N) is 4. The van der Waals surface area contributed by atoms with Crippen LogP contribution in [0.15, 0.2) is 54.9 Å². The first kappa shape index (κ1) is 17.0. The van der Waals surface area contributed by atoms with Crippen molar-refractivity contribution in [3.05, 3.63) is 60.7 Å². The van der Waals surface area contributed by atoms with Gasteiger partial charge in [-0.1, -0.05) is 6.07 Å². The van der Waals surface area contributed by atoms with Gasteiger partial charge in [-0.15, -0.1) is 0 Å². The van der Waals surface area contributed by atoms with Crippen molar-refractivity contribution in [2.24, 2.45) is 0 Å². The van der Waals surface area contributed by atoms with Crippen molar-refractivity contribution in [3.63, 3.8) is 0 Å². The highest BCUT2D eigenvalue weighted by Crippen LogP contribution is 2.22. The number of nitrogens with one attached hydrogen (secondary N) is 2. The van der Waals surface area contributed by atoms with Gasteiger partial charge in [-0.3, -0.25) is 10.1 Å². The molecular formula is C19H19FN6O. The molecule has 1 aromatic carbocycles. The molecule has 1 aliphatic rings. The molecule has 3 heterocycles. The molecule has 1 aliphatic heterocycles. The second kappa shape index (κ2) is 7.45. The first-order valence-electron chi connectivity index (χ1n) is 8.71. The number of aromatic nitrogens is 3. The second-order valence-corrected chi connectivity index (χ2v) is 6.29. The van der Waals surface area contributed by atoms with Crippen molar-refractivity contribution in [1.82, 2.24) is 20.1 Å². The molecule has 3 aromatic rings. The van der Waals surface area contributed by atoms with Crippen LogP contribution in [-0.2, 0) is 0 Å². The largest absolute Gasteiger partial charge is 0.352 e. The molecule has 2 aromatic heterocycles. The Morgan fingerprint density at radius 3 is 2.59 bits per heavy atom. The van der Waals surface area contributed by atoms with Crippen LogP contribution in [0.4, 0.5) is 20.7 Å². The number of anilines is 2. The van der Waals surface area contributed by atoms with Gasteiger partial charge >= 0.3 is 6.03 Å². The van der Waals surface area contributed by atoms with E-state index in [1.54, 1.807) is 29.4 Å². The Morgan fingerprint density at radius 2 is 1.85 bits per heavy atom. The number of urea groups is 1. The summed E-state index contributed by atoms with van der Waals surface area (Å²) in [6.07, 6.45) is 3.48. The lowest BCUT2D eigenvalue weighted by Crippen LogP contribution is -2.50. The van der Waals surface area contributed by atoms with Gasteiger partial charge < -0.3 is 15.1 Å². The average molecular weight is 366 g/mol. The summed E-state index contributed by atoms with van der Waals surface area (Å²) in [4.78, 5) is 20.2. The standard InChI is InChI=1S/C19H19FN6O/c20-15-2-1-3-16(12-15)22-19(27)26-10-8-25(9-11-26)18-13-17(23-24-18)14-4-6-21-7-5-14/h1-7,12-13H,8-11H2,(H,22,27)(H,23,24). The zero-order valence-corrected chi connectivity index (χ0v) is 14.6. The van der Waals surface area contributed by atoms with E-state index in [1.165, 1.54) is 12.1 Å². The molecule has 0 saturated carbocycles. The fourth-order valence-corrected chi connectivity index (χ4v) is 3.06. The monoisotopic (exact) mass is 366 g/mol. The molecule has 1 saturated heterocycles. The first-order valence-corrected chi connectivity index (χ1v) is 8.71. The predicted octanol–water partition coefficient (Wildman–Crippen LogP) is 2.96. The molecule has 4 rings (SSSR count). The number of benzene rings is 1. The fourth-order valence-electron chi connectivity index (χ4n) is 3.06. The van der Waals surface area contributed by atoms with Crippen molar-refractivity contribution >= 4 is 17.5 Å². The van der Waals surface area contributed by atoms with E-state index < -0.39 is 0 Å². The van der Waals surface area contributed by atoms with Gasteiger partial charge in [0.1, 0.15) is 5.82 Å². The van der Waals surface area contributed by atoms with Crippen LogP contribution in [0.5, 0.6) is 0 Å². The van der Waals surface area contributed by atoms with E-state index in [9.17, 15) is 9.18 Å². The molecule has 0 spiro atoms. The normalized spacial score (nSPS) is 14.3. The number of H-pyrrole nitrogens is 1. The summed E-state index contributed by atoms with van der Waals surface area (Å²) in [7, 11) is 0. The van der Waals surface area contributed by atoms with Gasteiger partial charge in [0.2, 0.25) is 0 Å². The molecule has 0 bridgehead atoms. The minimum atomic E-state index is -0.374. The summed E-state index contributed by atoms with van der Waals surface area (Å²) < 4.78 is 13.2. The van der Waals surface area contributed by atoms with Crippen LogP contribution in [0.2, 0.25) is 0 Å². The molecule has 8 heteroatoms. The molecular weight excluding hydrogens is 347 g/mol.